The molecule has 0 radical (unpaired) electrons. The van der Waals surface area contributed by atoms with Gasteiger partial charge in [0, 0.05) is 25.9 Å². The van der Waals surface area contributed by atoms with E-state index in [1.807, 2.05) is 18.8 Å². The number of aliphatic imine (C=N–C) groups is 1. The maximum absolute atomic E-state index is 4.22. The Morgan fingerprint density at radius 3 is 2.15 bits per heavy atom. The normalized spacial score (nSPS) is 11.3. The molecule has 0 heterocycles. The van der Waals surface area contributed by atoms with Crippen LogP contribution in [-0.2, 0) is 0 Å². The van der Waals surface area contributed by atoms with Gasteiger partial charge in [-0.25, -0.2) is 0 Å². The van der Waals surface area contributed by atoms with E-state index in [-0.39, 0.29) is 24.0 Å². The van der Waals surface area contributed by atoms with Gasteiger partial charge in [-0.3, -0.25) is 4.99 Å². The SMILES string of the molecule is CCCN(CCC)CCCNC(=NC)NCCSC.I. The Morgan fingerprint density at radius 1 is 1.05 bits per heavy atom. The van der Waals surface area contributed by atoms with Gasteiger partial charge in [-0.05, 0) is 45.2 Å². The number of hydrogen-bond donors (Lipinski definition) is 2. The molecule has 0 rings (SSSR count). The fraction of sp³-hybridized carbons (Fsp3) is 0.929. The molecule has 0 bridgehead atoms. The quantitative estimate of drug-likeness (QED) is 0.235. The molecule has 0 aromatic rings. The van der Waals surface area contributed by atoms with Crippen LogP contribution in [0.3, 0.4) is 0 Å². The minimum Gasteiger partial charge on any atom is -0.356 e. The van der Waals surface area contributed by atoms with Crippen molar-refractivity contribution in [2.45, 2.75) is 33.1 Å². The van der Waals surface area contributed by atoms with Crippen LogP contribution in [0.15, 0.2) is 4.99 Å². The van der Waals surface area contributed by atoms with Crippen LogP contribution >= 0.6 is 35.7 Å². The van der Waals surface area contributed by atoms with Gasteiger partial charge < -0.3 is 15.5 Å². The number of halogens is 1. The average Bonchev–Trinajstić information content (AvgIpc) is 2.42. The van der Waals surface area contributed by atoms with Gasteiger partial charge in [-0.15, -0.1) is 24.0 Å². The third-order valence-electron chi connectivity index (χ3n) is 2.85. The highest BCUT2D eigenvalue weighted by Gasteiger charge is 2.02. The second-order valence-electron chi connectivity index (χ2n) is 4.61. The lowest BCUT2D eigenvalue weighted by atomic mass is 10.3. The number of nitrogens with zero attached hydrogens (tertiary/aromatic N) is 2. The fourth-order valence-corrected chi connectivity index (χ4v) is 2.28. The van der Waals surface area contributed by atoms with Crippen LogP contribution in [0.4, 0.5) is 0 Å². The van der Waals surface area contributed by atoms with E-state index in [1.165, 1.54) is 38.9 Å². The highest BCUT2D eigenvalue weighted by molar-refractivity contribution is 14.0. The average molecular weight is 416 g/mol. The van der Waals surface area contributed by atoms with Crippen molar-refractivity contribution in [2.75, 3.05) is 51.8 Å². The molecule has 0 aromatic heterocycles. The van der Waals surface area contributed by atoms with Crippen molar-refractivity contribution >= 4 is 41.7 Å². The molecular formula is C14H33IN4S. The van der Waals surface area contributed by atoms with Crippen molar-refractivity contribution < 1.29 is 0 Å². The Balaban J connectivity index is 0. The van der Waals surface area contributed by atoms with Crippen molar-refractivity contribution in [2.24, 2.45) is 4.99 Å². The van der Waals surface area contributed by atoms with Crippen molar-refractivity contribution in [3.8, 4) is 0 Å². The lowest BCUT2D eigenvalue weighted by Gasteiger charge is -2.21. The summed E-state index contributed by atoms with van der Waals surface area (Å²) in [6.45, 7) is 10.1. The third-order valence-corrected chi connectivity index (χ3v) is 3.46. The van der Waals surface area contributed by atoms with Gasteiger partial charge in [-0.1, -0.05) is 13.8 Å². The molecule has 0 atom stereocenters. The molecule has 0 spiro atoms. The molecule has 0 amide bonds. The Bertz CT molecular complexity index is 221. The summed E-state index contributed by atoms with van der Waals surface area (Å²) in [6, 6.07) is 0. The van der Waals surface area contributed by atoms with E-state index in [0.717, 1.165) is 24.8 Å². The molecule has 0 saturated heterocycles. The first-order valence-corrected chi connectivity index (χ1v) is 8.83. The Hall–Kier alpha value is 0.310. The highest BCUT2D eigenvalue weighted by Crippen LogP contribution is 1.95. The van der Waals surface area contributed by atoms with Gasteiger partial charge in [0.05, 0.1) is 0 Å². The molecule has 122 valence electrons. The van der Waals surface area contributed by atoms with Gasteiger partial charge in [0.25, 0.3) is 0 Å². The Labute approximate surface area is 147 Å². The van der Waals surface area contributed by atoms with Crippen LogP contribution in [0.1, 0.15) is 33.1 Å². The summed E-state index contributed by atoms with van der Waals surface area (Å²) in [6.07, 6.45) is 5.77. The summed E-state index contributed by atoms with van der Waals surface area (Å²) in [5, 5.41) is 6.68. The summed E-state index contributed by atoms with van der Waals surface area (Å²) >= 11 is 1.85. The van der Waals surface area contributed by atoms with Crippen LogP contribution in [0.2, 0.25) is 0 Å². The number of nitrogens with one attached hydrogen (secondary N) is 2. The first-order chi connectivity index (χ1) is 9.28. The van der Waals surface area contributed by atoms with E-state index in [0.29, 0.717) is 0 Å². The first kappa shape index (κ1) is 22.6. The van der Waals surface area contributed by atoms with Crippen molar-refractivity contribution in [3.63, 3.8) is 0 Å². The molecule has 0 saturated carbocycles. The van der Waals surface area contributed by atoms with Gasteiger partial charge in [-0.2, -0.15) is 11.8 Å². The van der Waals surface area contributed by atoms with E-state index in [4.69, 9.17) is 0 Å². The molecule has 0 aliphatic carbocycles. The molecule has 0 aliphatic heterocycles. The summed E-state index contributed by atoms with van der Waals surface area (Å²) in [4.78, 5) is 6.77. The van der Waals surface area contributed by atoms with Crippen molar-refractivity contribution in [1.29, 1.82) is 0 Å². The molecule has 0 unspecified atom stereocenters. The first-order valence-electron chi connectivity index (χ1n) is 7.44. The predicted molar refractivity (Wildman–Crippen MR) is 105 cm³/mol. The van der Waals surface area contributed by atoms with E-state index < -0.39 is 0 Å². The van der Waals surface area contributed by atoms with E-state index in [2.05, 4.69) is 40.6 Å². The maximum Gasteiger partial charge on any atom is 0.191 e. The van der Waals surface area contributed by atoms with Crippen LogP contribution in [0, 0.1) is 0 Å². The predicted octanol–water partition coefficient (Wildman–Crippen LogP) is 2.64. The standard InChI is InChI=1S/C14H32N4S.HI/c1-5-10-18(11-6-2)12-7-8-16-14(15-3)17-9-13-19-4;/h5-13H2,1-4H3,(H2,15,16,17);1H. The Kier molecular flexibility index (Phi) is 19.6. The summed E-state index contributed by atoms with van der Waals surface area (Å²) in [5.74, 6) is 2.04. The lowest BCUT2D eigenvalue weighted by Crippen LogP contribution is -2.39. The Morgan fingerprint density at radius 2 is 1.65 bits per heavy atom. The number of thioether (sulfide) groups is 1. The molecule has 4 nitrogen and oxygen atoms in total. The molecule has 0 aromatic carbocycles. The second kappa shape index (κ2) is 17.4. The van der Waals surface area contributed by atoms with Gasteiger partial charge in [0.15, 0.2) is 5.96 Å². The van der Waals surface area contributed by atoms with Gasteiger partial charge >= 0.3 is 0 Å². The number of rotatable bonds is 11. The van der Waals surface area contributed by atoms with Crippen LogP contribution < -0.4 is 10.6 Å². The highest BCUT2D eigenvalue weighted by atomic mass is 127. The minimum atomic E-state index is 0. The van der Waals surface area contributed by atoms with E-state index in [1.54, 1.807) is 0 Å². The van der Waals surface area contributed by atoms with Crippen LogP contribution in [0.5, 0.6) is 0 Å². The third kappa shape index (κ3) is 13.3. The number of hydrogen-bond acceptors (Lipinski definition) is 3. The summed E-state index contributed by atoms with van der Waals surface area (Å²) in [5.41, 5.74) is 0. The summed E-state index contributed by atoms with van der Waals surface area (Å²) in [7, 11) is 1.83. The van der Waals surface area contributed by atoms with E-state index in [9.17, 15) is 0 Å². The maximum atomic E-state index is 4.22. The fourth-order valence-electron chi connectivity index (χ4n) is 1.97. The summed E-state index contributed by atoms with van der Waals surface area (Å²) < 4.78 is 0. The van der Waals surface area contributed by atoms with Gasteiger partial charge in [0.1, 0.15) is 0 Å². The van der Waals surface area contributed by atoms with E-state index >= 15 is 0 Å². The molecule has 20 heavy (non-hydrogen) atoms. The molecule has 0 fully saturated rings. The second-order valence-corrected chi connectivity index (χ2v) is 5.60. The monoisotopic (exact) mass is 416 g/mol. The van der Waals surface area contributed by atoms with Crippen LogP contribution in [-0.4, -0.2) is 62.6 Å². The zero-order valence-electron chi connectivity index (χ0n) is 13.6. The van der Waals surface area contributed by atoms with Crippen molar-refractivity contribution in [3.05, 3.63) is 0 Å². The van der Waals surface area contributed by atoms with Crippen molar-refractivity contribution in [1.82, 2.24) is 15.5 Å². The zero-order valence-corrected chi connectivity index (χ0v) is 16.7. The molecule has 6 heteroatoms. The van der Waals surface area contributed by atoms with Gasteiger partial charge in [0.2, 0.25) is 0 Å². The van der Waals surface area contributed by atoms with Crippen LogP contribution in [0.25, 0.3) is 0 Å². The largest absolute Gasteiger partial charge is 0.356 e. The molecular weight excluding hydrogens is 383 g/mol. The topological polar surface area (TPSA) is 39.7 Å². The number of guanidine groups is 1. The zero-order chi connectivity index (χ0) is 14.3. The molecule has 0 aliphatic rings. The lowest BCUT2D eigenvalue weighted by molar-refractivity contribution is 0.271. The smallest absolute Gasteiger partial charge is 0.191 e. The molecule has 2 N–H and O–H groups in total. The minimum absolute atomic E-state index is 0.